The molecule has 5 heteroatoms. The molecule has 0 atom stereocenters. The van der Waals surface area contributed by atoms with Crippen LogP contribution < -0.4 is 5.32 Å². The van der Waals surface area contributed by atoms with Gasteiger partial charge in [0.15, 0.2) is 0 Å². The highest BCUT2D eigenvalue weighted by molar-refractivity contribution is 7.09. The number of aryl methyl sites for hydroxylation is 3. The minimum absolute atomic E-state index is 0.889. The highest BCUT2D eigenvalue weighted by Gasteiger charge is 2.05. The van der Waals surface area contributed by atoms with Crippen LogP contribution in [0.15, 0.2) is 11.6 Å². The zero-order valence-electron chi connectivity index (χ0n) is 11.2. The Balaban J connectivity index is 1.78. The van der Waals surface area contributed by atoms with Gasteiger partial charge in [0.2, 0.25) is 0 Å². The molecule has 0 saturated carbocycles. The molecule has 0 spiro atoms. The number of rotatable bonds is 6. The molecule has 0 aliphatic carbocycles. The van der Waals surface area contributed by atoms with Crippen molar-refractivity contribution in [3.8, 4) is 0 Å². The van der Waals surface area contributed by atoms with E-state index >= 15 is 0 Å². The molecule has 2 heterocycles. The molecule has 0 aromatic carbocycles. The minimum atomic E-state index is 0.889. The highest BCUT2D eigenvalue weighted by Crippen LogP contribution is 2.09. The van der Waals surface area contributed by atoms with Crippen LogP contribution in [0.5, 0.6) is 0 Å². The lowest BCUT2D eigenvalue weighted by atomic mass is 10.2. The summed E-state index contributed by atoms with van der Waals surface area (Å²) in [7, 11) is 1.97. The Morgan fingerprint density at radius 2 is 2.28 bits per heavy atom. The molecule has 1 N–H and O–H groups in total. The van der Waals surface area contributed by atoms with Crippen molar-refractivity contribution in [3.05, 3.63) is 33.5 Å². The van der Waals surface area contributed by atoms with E-state index in [1.807, 2.05) is 18.7 Å². The van der Waals surface area contributed by atoms with Crippen LogP contribution in [-0.4, -0.2) is 21.3 Å². The smallest absolute Gasteiger partial charge is 0.0897 e. The monoisotopic (exact) mass is 264 g/mol. The SMILES string of the molecule is CCc1nn(C)cc1CNCCc1csc(C)n1. The molecule has 4 nitrogen and oxygen atoms in total. The van der Waals surface area contributed by atoms with Crippen molar-refractivity contribution in [2.24, 2.45) is 7.05 Å². The average Bonchev–Trinajstić information content (AvgIpc) is 2.91. The second-order valence-corrected chi connectivity index (χ2v) is 5.48. The van der Waals surface area contributed by atoms with Crippen molar-refractivity contribution in [2.75, 3.05) is 6.54 Å². The Morgan fingerprint density at radius 3 is 2.94 bits per heavy atom. The van der Waals surface area contributed by atoms with Crippen molar-refractivity contribution in [2.45, 2.75) is 33.2 Å². The first-order valence-corrected chi connectivity index (χ1v) is 7.20. The molecule has 18 heavy (non-hydrogen) atoms. The van der Waals surface area contributed by atoms with Gasteiger partial charge >= 0.3 is 0 Å². The van der Waals surface area contributed by atoms with Gasteiger partial charge in [-0.05, 0) is 13.3 Å². The topological polar surface area (TPSA) is 42.7 Å². The van der Waals surface area contributed by atoms with Crippen LogP contribution in [0.25, 0.3) is 0 Å². The van der Waals surface area contributed by atoms with E-state index in [9.17, 15) is 0 Å². The van der Waals surface area contributed by atoms with Crippen LogP contribution in [0.1, 0.15) is 28.9 Å². The zero-order valence-corrected chi connectivity index (χ0v) is 12.0. The van der Waals surface area contributed by atoms with E-state index in [2.05, 4.69) is 33.9 Å². The molecule has 0 aliphatic heterocycles. The van der Waals surface area contributed by atoms with Gasteiger partial charge in [0, 0.05) is 43.7 Å². The van der Waals surface area contributed by atoms with Gasteiger partial charge in [0.25, 0.3) is 0 Å². The summed E-state index contributed by atoms with van der Waals surface area (Å²) < 4.78 is 1.89. The zero-order chi connectivity index (χ0) is 13.0. The number of hydrogen-bond acceptors (Lipinski definition) is 4. The average molecular weight is 264 g/mol. The van der Waals surface area contributed by atoms with Gasteiger partial charge in [-0.25, -0.2) is 4.98 Å². The first kappa shape index (κ1) is 13.2. The molecule has 2 aromatic rings. The van der Waals surface area contributed by atoms with Crippen LogP contribution in [0.2, 0.25) is 0 Å². The lowest BCUT2D eigenvalue weighted by Crippen LogP contribution is -2.17. The highest BCUT2D eigenvalue weighted by atomic mass is 32.1. The first-order valence-electron chi connectivity index (χ1n) is 6.32. The van der Waals surface area contributed by atoms with Gasteiger partial charge in [-0.15, -0.1) is 11.3 Å². The predicted molar refractivity (Wildman–Crippen MR) is 74.8 cm³/mol. The molecule has 0 aliphatic rings. The Labute approximate surface area is 112 Å². The van der Waals surface area contributed by atoms with Gasteiger partial charge in [-0.3, -0.25) is 4.68 Å². The van der Waals surface area contributed by atoms with E-state index in [0.717, 1.165) is 30.9 Å². The second kappa shape index (κ2) is 6.11. The Kier molecular flexibility index (Phi) is 4.49. The minimum Gasteiger partial charge on any atom is -0.312 e. The number of nitrogens with zero attached hydrogens (tertiary/aromatic N) is 3. The maximum Gasteiger partial charge on any atom is 0.0897 e. The lowest BCUT2D eigenvalue weighted by molar-refractivity contribution is 0.677. The first-order chi connectivity index (χ1) is 8.69. The fourth-order valence-corrected chi connectivity index (χ4v) is 2.64. The summed E-state index contributed by atoms with van der Waals surface area (Å²) >= 11 is 1.72. The summed E-state index contributed by atoms with van der Waals surface area (Å²) in [6.45, 7) is 6.04. The van der Waals surface area contributed by atoms with E-state index < -0.39 is 0 Å². The standard InChI is InChI=1S/C13H20N4S/c1-4-13-11(8-17(3)16-13)7-14-6-5-12-9-18-10(2)15-12/h8-9,14H,4-7H2,1-3H3. The fourth-order valence-electron chi connectivity index (χ4n) is 1.99. The fraction of sp³-hybridized carbons (Fsp3) is 0.538. The Morgan fingerprint density at radius 1 is 1.44 bits per heavy atom. The Bertz CT molecular complexity index is 501. The maximum absolute atomic E-state index is 4.46. The van der Waals surface area contributed by atoms with Gasteiger partial charge in [-0.1, -0.05) is 6.92 Å². The van der Waals surface area contributed by atoms with Crippen LogP contribution in [0.4, 0.5) is 0 Å². The molecule has 0 radical (unpaired) electrons. The molecule has 0 amide bonds. The molecule has 0 fully saturated rings. The second-order valence-electron chi connectivity index (χ2n) is 4.41. The van der Waals surface area contributed by atoms with E-state index in [4.69, 9.17) is 0 Å². The van der Waals surface area contributed by atoms with Crippen LogP contribution in [-0.2, 0) is 26.4 Å². The van der Waals surface area contributed by atoms with Crippen molar-refractivity contribution >= 4 is 11.3 Å². The molecule has 0 bridgehead atoms. The molecule has 2 rings (SSSR count). The summed E-state index contributed by atoms with van der Waals surface area (Å²) in [5.74, 6) is 0. The van der Waals surface area contributed by atoms with Gasteiger partial charge < -0.3 is 5.32 Å². The summed E-state index contributed by atoms with van der Waals surface area (Å²) in [5.41, 5.74) is 3.68. The predicted octanol–water partition coefficient (Wildman–Crippen LogP) is 2.08. The third-order valence-corrected chi connectivity index (χ3v) is 3.69. The van der Waals surface area contributed by atoms with Crippen molar-refractivity contribution in [3.63, 3.8) is 0 Å². The van der Waals surface area contributed by atoms with Crippen LogP contribution >= 0.6 is 11.3 Å². The van der Waals surface area contributed by atoms with E-state index in [-0.39, 0.29) is 0 Å². The normalized spacial score (nSPS) is 11.1. The summed E-state index contributed by atoms with van der Waals surface area (Å²) in [4.78, 5) is 4.46. The van der Waals surface area contributed by atoms with Crippen molar-refractivity contribution in [1.29, 1.82) is 0 Å². The quantitative estimate of drug-likeness (QED) is 0.812. The number of nitrogens with one attached hydrogen (secondary N) is 1. The van der Waals surface area contributed by atoms with Crippen molar-refractivity contribution in [1.82, 2.24) is 20.1 Å². The Hall–Kier alpha value is -1.20. The maximum atomic E-state index is 4.46. The summed E-state index contributed by atoms with van der Waals surface area (Å²) in [5, 5.41) is 11.2. The number of thiazole rings is 1. The molecule has 0 unspecified atom stereocenters. The van der Waals surface area contributed by atoms with E-state index in [0.29, 0.717) is 0 Å². The molecular formula is C13H20N4S. The lowest BCUT2D eigenvalue weighted by Gasteiger charge is -2.02. The van der Waals surface area contributed by atoms with Gasteiger partial charge in [0.1, 0.15) is 0 Å². The van der Waals surface area contributed by atoms with E-state index in [1.54, 1.807) is 11.3 Å². The molecular weight excluding hydrogens is 244 g/mol. The van der Waals surface area contributed by atoms with Crippen molar-refractivity contribution < 1.29 is 0 Å². The van der Waals surface area contributed by atoms with Crippen LogP contribution in [0, 0.1) is 6.92 Å². The van der Waals surface area contributed by atoms with Gasteiger partial charge in [-0.2, -0.15) is 5.10 Å². The number of hydrogen-bond donors (Lipinski definition) is 1. The largest absolute Gasteiger partial charge is 0.312 e. The molecule has 0 saturated heterocycles. The van der Waals surface area contributed by atoms with Crippen LogP contribution in [0.3, 0.4) is 0 Å². The van der Waals surface area contributed by atoms with E-state index in [1.165, 1.54) is 17.0 Å². The molecule has 98 valence electrons. The summed E-state index contributed by atoms with van der Waals surface area (Å²) in [6.07, 6.45) is 4.08. The number of aromatic nitrogens is 3. The third-order valence-electron chi connectivity index (χ3n) is 2.87. The summed E-state index contributed by atoms with van der Waals surface area (Å²) in [6, 6.07) is 0. The van der Waals surface area contributed by atoms with Gasteiger partial charge in [0.05, 0.1) is 16.4 Å². The third kappa shape index (κ3) is 3.40. The molecule has 2 aromatic heterocycles.